The van der Waals surface area contributed by atoms with E-state index in [-0.39, 0.29) is 18.4 Å². The Morgan fingerprint density at radius 1 is 1.38 bits per heavy atom. The van der Waals surface area contributed by atoms with Gasteiger partial charge in [-0.05, 0) is 18.1 Å². The van der Waals surface area contributed by atoms with Crippen LogP contribution >= 0.6 is 0 Å². The first-order valence-corrected chi connectivity index (χ1v) is 4.44. The molecule has 88 valence electrons. The molecule has 0 spiro atoms. The van der Waals surface area contributed by atoms with E-state index in [0.717, 1.165) is 6.07 Å². The van der Waals surface area contributed by atoms with Crippen LogP contribution in [0.5, 0.6) is 11.5 Å². The van der Waals surface area contributed by atoms with E-state index in [0.29, 0.717) is 6.29 Å². The average Bonchev–Trinajstić information content (AvgIpc) is 2.17. The van der Waals surface area contributed by atoms with Crippen LogP contribution in [0.3, 0.4) is 0 Å². The first-order valence-electron chi connectivity index (χ1n) is 4.44. The zero-order valence-electron chi connectivity index (χ0n) is 8.12. The minimum absolute atomic E-state index is 0.0671. The van der Waals surface area contributed by atoms with E-state index >= 15 is 0 Å². The van der Waals surface area contributed by atoms with Crippen molar-refractivity contribution >= 4 is 6.29 Å². The Hall–Kier alpha value is -1.72. The molecule has 0 atom stereocenters. The molecule has 1 aromatic carbocycles. The number of carbonyl (C=O) groups excluding carboxylic acids is 1. The third-order valence-corrected chi connectivity index (χ3v) is 1.83. The van der Waals surface area contributed by atoms with E-state index in [9.17, 15) is 23.1 Å². The van der Waals surface area contributed by atoms with Crippen molar-refractivity contribution in [3.05, 3.63) is 23.8 Å². The van der Waals surface area contributed by atoms with Crippen LogP contribution in [-0.2, 0) is 11.2 Å². The molecule has 0 unspecified atom stereocenters. The number of phenols is 1. The molecule has 0 fully saturated rings. The maximum absolute atomic E-state index is 12.0. The monoisotopic (exact) mass is 234 g/mol. The Morgan fingerprint density at radius 2 is 2.06 bits per heavy atom. The number of para-hydroxylation sites is 1. The van der Waals surface area contributed by atoms with Crippen molar-refractivity contribution in [3.63, 3.8) is 0 Å². The maximum Gasteiger partial charge on any atom is 0.573 e. The van der Waals surface area contributed by atoms with Crippen molar-refractivity contribution in [1.29, 1.82) is 0 Å². The molecule has 0 saturated carbocycles. The van der Waals surface area contributed by atoms with Crippen molar-refractivity contribution in [2.24, 2.45) is 0 Å². The van der Waals surface area contributed by atoms with Crippen molar-refractivity contribution in [2.75, 3.05) is 0 Å². The molecule has 1 N–H and O–H groups in total. The fourth-order valence-electron chi connectivity index (χ4n) is 1.22. The Labute approximate surface area is 89.5 Å². The molecule has 0 aliphatic carbocycles. The number of hydrogen-bond donors (Lipinski definition) is 1. The van der Waals surface area contributed by atoms with Crippen molar-refractivity contribution in [1.82, 2.24) is 0 Å². The van der Waals surface area contributed by atoms with Crippen LogP contribution in [0.1, 0.15) is 12.0 Å². The molecular formula is C10H9F3O3. The molecule has 0 aliphatic heterocycles. The molecule has 0 saturated heterocycles. The first kappa shape index (κ1) is 12.4. The van der Waals surface area contributed by atoms with Gasteiger partial charge in [-0.3, -0.25) is 0 Å². The highest BCUT2D eigenvalue weighted by atomic mass is 19.4. The quantitative estimate of drug-likeness (QED) is 0.814. The summed E-state index contributed by atoms with van der Waals surface area (Å²) in [5.74, 6) is -1.24. The standard InChI is InChI=1S/C10H9F3O3/c11-10(12,13)16-9-7(4-2-6-14)3-1-5-8(9)15/h1,3,5-6,15H,2,4H2. The van der Waals surface area contributed by atoms with Crippen LogP contribution in [0, 0.1) is 0 Å². The van der Waals surface area contributed by atoms with E-state index in [4.69, 9.17) is 0 Å². The number of benzene rings is 1. The lowest BCUT2D eigenvalue weighted by molar-refractivity contribution is -0.275. The van der Waals surface area contributed by atoms with E-state index < -0.39 is 17.9 Å². The lowest BCUT2D eigenvalue weighted by Crippen LogP contribution is -2.18. The summed E-state index contributed by atoms with van der Waals surface area (Å²) in [5.41, 5.74) is 0.143. The SMILES string of the molecule is O=CCCc1cccc(O)c1OC(F)(F)F. The second-order valence-corrected chi connectivity index (χ2v) is 3.02. The third kappa shape index (κ3) is 3.45. The van der Waals surface area contributed by atoms with Gasteiger partial charge in [-0.1, -0.05) is 12.1 Å². The highest BCUT2D eigenvalue weighted by Crippen LogP contribution is 2.35. The van der Waals surface area contributed by atoms with Crippen LogP contribution in [0.25, 0.3) is 0 Å². The summed E-state index contributed by atoms with van der Waals surface area (Å²) in [6.07, 6.45) is -4.13. The number of halogens is 3. The van der Waals surface area contributed by atoms with Crippen LogP contribution in [0.2, 0.25) is 0 Å². The second kappa shape index (κ2) is 4.87. The van der Waals surface area contributed by atoms with Gasteiger partial charge in [-0.25, -0.2) is 0 Å². The van der Waals surface area contributed by atoms with E-state index in [1.807, 2.05) is 0 Å². The van der Waals surface area contributed by atoms with Gasteiger partial charge in [0.1, 0.15) is 6.29 Å². The molecule has 16 heavy (non-hydrogen) atoms. The molecule has 3 nitrogen and oxygen atoms in total. The summed E-state index contributed by atoms with van der Waals surface area (Å²) in [4.78, 5) is 10.1. The molecule has 0 radical (unpaired) electrons. The predicted octanol–water partition coefficient (Wildman–Crippen LogP) is 2.42. The summed E-state index contributed by atoms with van der Waals surface area (Å²) < 4.78 is 39.8. The van der Waals surface area contributed by atoms with Crippen LogP contribution in [0.15, 0.2) is 18.2 Å². The van der Waals surface area contributed by atoms with Gasteiger partial charge in [0.05, 0.1) is 0 Å². The maximum atomic E-state index is 12.0. The summed E-state index contributed by atoms with van der Waals surface area (Å²) in [5, 5.41) is 9.24. The number of aromatic hydroxyl groups is 1. The summed E-state index contributed by atoms with van der Waals surface area (Å²) >= 11 is 0. The van der Waals surface area contributed by atoms with E-state index in [1.54, 1.807) is 0 Å². The smallest absolute Gasteiger partial charge is 0.504 e. The predicted molar refractivity (Wildman–Crippen MR) is 49.2 cm³/mol. The molecule has 1 aromatic rings. The molecule has 0 bridgehead atoms. The van der Waals surface area contributed by atoms with Gasteiger partial charge in [0, 0.05) is 6.42 Å². The Bertz CT molecular complexity index is 374. The third-order valence-electron chi connectivity index (χ3n) is 1.83. The van der Waals surface area contributed by atoms with Crippen molar-refractivity contribution in [2.45, 2.75) is 19.2 Å². The van der Waals surface area contributed by atoms with E-state index in [2.05, 4.69) is 4.74 Å². The normalized spacial score (nSPS) is 11.2. The highest BCUT2D eigenvalue weighted by Gasteiger charge is 2.33. The molecule has 0 heterocycles. The summed E-state index contributed by atoms with van der Waals surface area (Å²) in [7, 11) is 0. The number of alkyl halides is 3. The van der Waals surface area contributed by atoms with Gasteiger partial charge >= 0.3 is 6.36 Å². The molecule has 0 aliphatic rings. The number of hydrogen-bond acceptors (Lipinski definition) is 3. The number of carbonyl (C=O) groups is 1. The number of aryl methyl sites for hydroxylation is 1. The summed E-state index contributed by atoms with van der Waals surface area (Å²) in [6.45, 7) is 0. The van der Waals surface area contributed by atoms with Gasteiger partial charge < -0.3 is 14.6 Å². The van der Waals surface area contributed by atoms with E-state index in [1.165, 1.54) is 12.1 Å². The number of rotatable bonds is 4. The first-order chi connectivity index (χ1) is 7.44. The molecular weight excluding hydrogens is 225 g/mol. The van der Waals surface area contributed by atoms with Gasteiger partial charge in [-0.2, -0.15) is 0 Å². The fourth-order valence-corrected chi connectivity index (χ4v) is 1.22. The minimum atomic E-state index is -4.87. The average molecular weight is 234 g/mol. The zero-order valence-corrected chi connectivity index (χ0v) is 8.12. The van der Waals surface area contributed by atoms with Crippen LogP contribution < -0.4 is 4.74 Å². The van der Waals surface area contributed by atoms with Gasteiger partial charge in [0.15, 0.2) is 11.5 Å². The highest BCUT2D eigenvalue weighted by molar-refractivity contribution is 5.52. The molecule has 0 aromatic heterocycles. The number of ether oxygens (including phenoxy) is 1. The Morgan fingerprint density at radius 3 is 2.62 bits per heavy atom. The number of aldehydes is 1. The lowest BCUT2D eigenvalue weighted by atomic mass is 10.1. The second-order valence-electron chi connectivity index (χ2n) is 3.02. The van der Waals surface area contributed by atoms with Crippen molar-refractivity contribution in [3.8, 4) is 11.5 Å². The van der Waals surface area contributed by atoms with Gasteiger partial charge in [0.2, 0.25) is 0 Å². The largest absolute Gasteiger partial charge is 0.573 e. The number of phenolic OH excluding ortho intramolecular Hbond substituents is 1. The molecule has 1 rings (SSSR count). The van der Waals surface area contributed by atoms with Gasteiger partial charge in [0.25, 0.3) is 0 Å². The van der Waals surface area contributed by atoms with Crippen LogP contribution in [0.4, 0.5) is 13.2 Å². The fraction of sp³-hybridized carbons (Fsp3) is 0.300. The van der Waals surface area contributed by atoms with Crippen molar-refractivity contribution < 1.29 is 27.8 Å². The Kier molecular flexibility index (Phi) is 3.76. The zero-order chi connectivity index (χ0) is 12.2. The molecule has 0 amide bonds. The Balaban J connectivity index is 2.98. The lowest BCUT2D eigenvalue weighted by Gasteiger charge is -2.13. The minimum Gasteiger partial charge on any atom is -0.504 e. The van der Waals surface area contributed by atoms with Gasteiger partial charge in [-0.15, -0.1) is 13.2 Å². The van der Waals surface area contributed by atoms with Crippen LogP contribution in [-0.4, -0.2) is 17.8 Å². The topological polar surface area (TPSA) is 46.5 Å². The summed E-state index contributed by atoms with van der Waals surface area (Å²) in [6, 6.07) is 3.84. The molecule has 6 heteroatoms.